The van der Waals surface area contributed by atoms with Gasteiger partial charge in [0.25, 0.3) is 0 Å². The zero-order valence-electron chi connectivity index (χ0n) is 14.6. The first-order valence-electron chi connectivity index (χ1n) is 8.41. The maximum absolute atomic E-state index is 14.0. The average Bonchev–Trinajstić information content (AvgIpc) is 2.94. The van der Waals surface area contributed by atoms with E-state index in [-0.39, 0.29) is 27.9 Å². The van der Waals surface area contributed by atoms with Crippen LogP contribution >= 0.6 is 11.6 Å². The molecule has 26 heavy (non-hydrogen) atoms. The molecule has 1 N–H and O–H groups in total. The zero-order chi connectivity index (χ0) is 18.8. The molecule has 0 spiro atoms. The topological polar surface area (TPSA) is 49.8 Å². The smallest absolute Gasteiger partial charge is 0.231 e. The number of carbonyl (C=O) groups excluding carboxylic acids is 1. The van der Waals surface area contributed by atoms with E-state index in [0.29, 0.717) is 23.4 Å². The minimum absolute atomic E-state index is 0.0154. The van der Waals surface area contributed by atoms with Crippen molar-refractivity contribution in [3.8, 4) is 11.5 Å². The van der Waals surface area contributed by atoms with Crippen LogP contribution in [-0.2, 0) is 6.54 Å². The van der Waals surface area contributed by atoms with Crippen LogP contribution in [0.5, 0.6) is 11.5 Å². The summed E-state index contributed by atoms with van der Waals surface area (Å²) >= 11 is 6.03. The Kier molecular flexibility index (Phi) is 5.30. The monoisotopic (exact) mass is 375 g/mol. The number of halogens is 2. The fourth-order valence-corrected chi connectivity index (χ4v) is 3.12. The summed E-state index contributed by atoms with van der Waals surface area (Å²) in [7, 11) is 0. The molecule has 0 aromatic heterocycles. The molecular formula is C20H19ClFNO3. The maximum atomic E-state index is 14.0. The van der Waals surface area contributed by atoms with Crippen molar-refractivity contribution in [3.63, 3.8) is 0 Å². The number of hydrogen-bond donors (Lipinski definition) is 1. The zero-order valence-corrected chi connectivity index (χ0v) is 15.3. The van der Waals surface area contributed by atoms with E-state index < -0.39 is 5.82 Å². The first kappa shape index (κ1) is 18.4. The van der Waals surface area contributed by atoms with Crippen LogP contribution in [0.15, 0.2) is 36.1 Å². The minimum atomic E-state index is -0.538. The van der Waals surface area contributed by atoms with Crippen molar-refractivity contribution < 1.29 is 19.0 Å². The van der Waals surface area contributed by atoms with E-state index in [4.69, 9.17) is 16.3 Å². The molecule has 1 aliphatic rings. The second-order valence-electron chi connectivity index (χ2n) is 5.98. The quantitative estimate of drug-likeness (QED) is 0.773. The van der Waals surface area contributed by atoms with Crippen LogP contribution < -0.4 is 4.74 Å². The van der Waals surface area contributed by atoms with Crippen molar-refractivity contribution in [2.24, 2.45) is 0 Å². The molecule has 0 saturated carbocycles. The maximum Gasteiger partial charge on any atom is 0.231 e. The first-order chi connectivity index (χ1) is 12.5. The number of nitrogens with zero attached hydrogens (tertiary/aromatic N) is 1. The van der Waals surface area contributed by atoms with Crippen molar-refractivity contribution in [1.29, 1.82) is 0 Å². The number of Topliss-reactive ketones (excluding diaryl/α,β-unsaturated/α-hetero) is 1. The SMILES string of the molecule is CCN(CC)Cc1c(O)ccc2c1O/C(=C\c1c(F)cccc1Cl)C2=O. The third-order valence-corrected chi connectivity index (χ3v) is 4.80. The van der Waals surface area contributed by atoms with E-state index in [9.17, 15) is 14.3 Å². The highest BCUT2D eigenvalue weighted by Crippen LogP contribution is 2.40. The molecule has 0 radical (unpaired) electrons. The molecule has 2 aromatic carbocycles. The summed E-state index contributed by atoms with van der Waals surface area (Å²) in [5.74, 6) is -0.531. The van der Waals surface area contributed by atoms with Gasteiger partial charge in [-0.25, -0.2) is 4.39 Å². The molecule has 0 unspecified atom stereocenters. The van der Waals surface area contributed by atoms with Gasteiger partial charge in [-0.2, -0.15) is 0 Å². The second-order valence-corrected chi connectivity index (χ2v) is 6.38. The number of rotatable bonds is 5. The number of allylic oxidation sites excluding steroid dienone is 1. The van der Waals surface area contributed by atoms with E-state index >= 15 is 0 Å². The van der Waals surface area contributed by atoms with Crippen LogP contribution in [0.2, 0.25) is 5.02 Å². The lowest BCUT2D eigenvalue weighted by molar-refractivity contribution is 0.101. The number of hydrogen-bond acceptors (Lipinski definition) is 4. The molecular weight excluding hydrogens is 357 g/mol. The van der Waals surface area contributed by atoms with E-state index in [2.05, 4.69) is 4.90 Å². The number of carbonyl (C=O) groups is 1. The molecule has 0 fully saturated rings. The summed E-state index contributed by atoms with van der Waals surface area (Å²) in [5, 5.41) is 10.4. The Bertz CT molecular complexity index is 871. The Morgan fingerprint density at radius 3 is 2.62 bits per heavy atom. The normalized spacial score (nSPS) is 14.8. The Balaban J connectivity index is 2.03. The first-order valence-corrected chi connectivity index (χ1v) is 8.79. The van der Waals surface area contributed by atoms with Crippen molar-refractivity contribution in [1.82, 2.24) is 4.90 Å². The lowest BCUT2D eigenvalue weighted by Gasteiger charge is -2.20. The molecule has 3 rings (SSSR count). The number of fused-ring (bicyclic) bond motifs is 1. The standard InChI is InChI=1S/C20H19ClFNO3/c1-3-23(4-2)11-14-17(24)9-8-12-19(25)18(26-20(12)14)10-13-15(21)6-5-7-16(13)22/h5-10,24H,3-4,11H2,1-2H3/b18-10-. The Hall–Kier alpha value is -2.37. The van der Waals surface area contributed by atoms with Crippen molar-refractivity contribution >= 4 is 23.5 Å². The van der Waals surface area contributed by atoms with Gasteiger partial charge in [0.2, 0.25) is 5.78 Å². The van der Waals surface area contributed by atoms with Gasteiger partial charge in [0, 0.05) is 12.1 Å². The van der Waals surface area contributed by atoms with Crippen LogP contribution in [0.1, 0.15) is 35.3 Å². The fraction of sp³-hybridized carbons (Fsp3) is 0.250. The van der Waals surface area contributed by atoms with Crippen molar-refractivity contribution in [3.05, 3.63) is 63.6 Å². The van der Waals surface area contributed by atoms with E-state index in [1.54, 1.807) is 6.07 Å². The van der Waals surface area contributed by atoms with Gasteiger partial charge in [-0.05, 0) is 43.4 Å². The van der Waals surface area contributed by atoms with Gasteiger partial charge in [0.1, 0.15) is 17.3 Å². The lowest BCUT2D eigenvalue weighted by Crippen LogP contribution is -2.22. The van der Waals surface area contributed by atoms with Gasteiger partial charge in [-0.15, -0.1) is 0 Å². The number of ether oxygens (including phenoxy) is 1. The summed E-state index contributed by atoms with van der Waals surface area (Å²) in [6, 6.07) is 7.30. The van der Waals surface area contributed by atoms with Gasteiger partial charge in [0.05, 0.1) is 16.1 Å². The molecule has 0 bridgehead atoms. The summed E-state index contributed by atoms with van der Waals surface area (Å²) in [6.07, 6.45) is 1.30. The number of phenols is 1. The molecule has 136 valence electrons. The van der Waals surface area contributed by atoms with E-state index in [1.807, 2.05) is 13.8 Å². The molecule has 4 nitrogen and oxygen atoms in total. The van der Waals surface area contributed by atoms with Gasteiger partial charge >= 0.3 is 0 Å². The Morgan fingerprint density at radius 2 is 1.96 bits per heavy atom. The highest BCUT2D eigenvalue weighted by atomic mass is 35.5. The molecule has 0 amide bonds. The molecule has 2 aromatic rings. The minimum Gasteiger partial charge on any atom is -0.507 e. The number of phenolic OH excluding ortho intramolecular Hbond substituents is 1. The Labute approximate surface area is 156 Å². The molecule has 6 heteroatoms. The summed E-state index contributed by atoms with van der Waals surface area (Å²) in [5.41, 5.74) is 0.992. The molecule has 0 aliphatic carbocycles. The predicted octanol–water partition coefficient (Wildman–Crippen LogP) is 4.64. The molecule has 0 atom stereocenters. The van der Waals surface area contributed by atoms with E-state index in [0.717, 1.165) is 13.1 Å². The second kappa shape index (κ2) is 7.48. The Morgan fingerprint density at radius 1 is 1.23 bits per heavy atom. The fourth-order valence-electron chi connectivity index (χ4n) is 2.90. The largest absolute Gasteiger partial charge is 0.507 e. The summed E-state index contributed by atoms with van der Waals surface area (Å²) in [6.45, 7) is 6.06. The third-order valence-electron chi connectivity index (χ3n) is 4.47. The summed E-state index contributed by atoms with van der Waals surface area (Å²) < 4.78 is 19.8. The van der Waals surface area contributed by atoms with Gasteiger partial charge in [-0.3, -0.25) is 9.69 Å². The average molecular weight is 376 g/mol. The van der Waals surface area contributed by atoms with Crippen molar-refractivity contribution in [2.45, 2.75) is 20.4 Å². The number of ketones is 1. The highest BCUT2D eigenvalue weighted by Gasteiger charge is 2.31. The molecule has 0 saturated heterocycles. The van der Waals surface area contributed by atoms with Crippen LogP contribution in [-0.4, -0.2) is 28.9 Å². The van der Waals surface area contributed by atoms with Crippen LogP contribution in [0.25, 0.3) is 6.08 Å². The highest BCUT2D eigenvalue weighted by molar-refractivity contribution is 6.32. The van der Waals surface area contributed by atoms with Gasteiger partial charge < -0.3 is 9.84 Å². The summed E-state index contributed by atoms with van der Waals surface area (Å²) in [4.78, 5) is 14.8. The lowest BCUT2D eigenvalue weighted by atomic mass is 10.0. The van der Waals surface area contributed by atoms with Gasteiger partial charge in [-0.1, -0.05) is 31.5 Å². The van der Waals surface area contributed by atoms with Crippen LogP contribution in [0.3, 0.4) is 0 Å². The van der Waals surface area contributed by atoms with E-state index in [1.165, 1.54) is 30.3 Å². The molecule has 1 aliphatic heterocycles. The third kappa shape index (κ3) is 3.32. The van der Waals surface area contributed by atoms with Crippen LogP contribution in [0, 0.1) is 5.82 Å². The number of benzene rings is 2. The number of aromatic hydroxyl groups is 1. The van der Waals surface area contributed by atoms with Crippen molar-refractivity contribution in [2.75, 3.05) is 13.1 Å². The predicted molar refractivity (Wildman–Crippen MR) is 99.1 cm³/mol. The molecule has 1 heterocycles. The van der Waals surface area contributed by atoms with Gasteiger partial charge in [0.15, 0.2) is 5.76 Å². The van der Waals surface area contributed by atoms with Crippen LogP contribution in [0.4, 0.5) is 4.39 Å².